The molecule has 1 aromatic rings. The predicted molar refractivity (Wildman–Crippen MR) is 42.5 cm³/mol. The molecule has 3 nitrogen and oxygen atoms in total. The quantitative estimate of drug-likeness (QED) is 0.753. The van der Waals surface area contributed by atoms with E-state index >= 15 is 0 Å². The summed E-state index contributed by atoms with van der Waals surface area (Å²) in [5, 5.41) is 10.5. The highest BCUT2D eigenvalue weighted by molar-refractivity contribution is 5.72. The van der Waals surface area contributed by atoms with Crippen LogP contribution in [0.1, 0.15) is 0 Å². The SMILES string of the molecule is O=C(O)CNc1cccc(F)c1F. The van der Waals surface area contributed by atoms with Gasteiger partial charge < -0.3 is 10.4 Å². The third-order valence-electron chi connectivity index (χ3n) is 1.38. The number of hydrogen-bond acceptors (Lipinski definition) is 2. The summed E-state index contributed by atoms with van der Waals surface area (Å²) < 4.78 is 25.4. The number of carboxylic acids is 1. The molecule has 0 amide bonds. The van der Waals surface area contributed by atoms with E-state index in [1.807, 2.05) is 0 Å². The molecule has 70 valence electrons. The zero-order valence-corrected chi connectivity index (χ0v) is 6.55. The van der Waals surface area contributed by atoms with Gasteiger partial charge in [0.1, 0.15) is 6.54 Å². The number of carbonyl (C=O) groups is 1. The molecule has 0 aromatic heterocycles. The lowest BCUT2D eigenvalue weighted by molar-refractivity contribution is -0.134. The Hall–Kier alpha value is -1.65. The summed E-state index contributed by atoms with van der Waals surface area (Å²) in [7, 11) is 0. The molecule has 0 heterocycles. The van der Waals surface area contributed by atoms with E-state index in [4.69, 9.17) is 5.11 Å². The third-order valence-corrected chi connectivity index (χ3v) is 1.38. The van der Waals surface area contributed by atoms with Gasteiger partial charge >= 0.3 is 5.97 Å². The fourth-order valence-corrected chi connectivity index (χ4v) is 0.811. The molecule has 0 saturated carbocycles. The van der Waals surface area contributed by atoms with Crippen molar-refractivity contribution in [2.75, 3.05) is 11.9 Å². The van der Waals surface area contributed by atoms with E-state index in [1.54, 1.807) is 0 Å². The first-order valence-electron chi connectivity index (χ1n) is 3.51. The maximum atomic E-state index is 12.8. The fourth-order valence-electron chi connectivity index (χ4n) is 0.811. The maximum absolute atomic E-state index is 12.8. The van der Waals surface area contributed by atoms with E-state index < -0.39 is 24.1 Å². The minimum atomic E-state index is -1.14. The highest BCUT2D eigenvalue weighted by Gasteiger charge is 2.07. The van der Waals surface area contributed by atoms with Gasteiger partial charge in [0.15, 0.2) is 11.6 Å². The molecule has 0 bridgehead atoms. The molecule has 0 atom stereocenters. The van der Waals surface area contributed by atoms with Crippen molar-refractivity contribution in [2.45, 2.75) is 0 Å². The average Bonchev–Trinajstić information content (AvgIpc) is 2.07. The van der Waals surface area contributed by atoms with Crippen molar-refractivity contribution in [3.05, 3.63) is 29.8 Å². The van der Waals surface area contributed by atoms with Crippen LogP contribution in [0.15, 0.2) is 18.2 Å². The van der Waals surface area contributed by atoms with Gasteiger partial charge in [0.25, 0.3) is 0 Å². The summed E-state index contributed by atoms with van der Waals surface area (Å²) in [5.74, 6) is -3.21. The molecule has 1 rings (SSSR count). The predicted octanol–water partition coefficient (Wildman–Crippen LogP) is 1.46. The van der Waals surface area contributed by atoms with Gasteiger partial charge in [0.2, 0.25) is 0 Å². The van der Waals surface area contributed by atoms with Gasteiger partial charge in [-0.1, -0.05) is 6.07 Å². The molecule has 1 aromatic carbocycles. The molecule has 0 unspecified atom stereocenters. The highest BCUT2D eigenvalue weighted by Crippen LogP contribution is 2.15. The van der Waals surface area contributed by atoms with Crippen molar-refractivity contribution >= 4 is 11.7 Å². The van der Waals surface area contributed by atoms with E-state index in [0.29, 0.717) is 0 Å². The summed E-state index contributed by atoms with van der Waals surface area (Å²) >= 11 is 0. The van der Waals surface area contributed by atoms with Crippen LogP contribution in [0.25, 0.3) is 0 Å². The molecular formula is C8H7F2NO2. The minimum absolute atomic E-state index is 0.151. The summed E-state index contributed by atoms with van der Waals surface area (Å²) in [6, 6.07) is 3.52. The normalized spacial score (nSPS) is 9.69. The largest absolute Gasteiger partial charge is 0.480 e. The van der Waals surface area contributed by atoms with Crippen LogP contribution >= 0.6 is 0 Å². The fraction of sp³-hybridized carbons (Fsp3) is 0.125. The Morgan fingerprint density at radius 3 is 2.77 bits per heavy atom. The van der Waals surface area contributed by atoms with Crippen molar-refractivity contribution in [1.82, 2.24) is 0 Å². The molecule has 0 radical (unpaired) electrons. The highest BCUT2D eigenvalue weighted by atomic mass is 19.2. The Labute approximate surface area is 73.0 Å². The molecule has 0 fully saturated rings. The van der Waals surface area contributed by atoms with Crippen LogP contribution in [0.2, 0.25) is 0 Å². The van der Waals surface area contributed by atoms with Gasteiger partial charge in [-0.15, -0.1) is 0 Å². The van der Waals surface area contributed by atoms with Crippen LogP contribution < -0.4 is 5.32 Å². The Morgan fingerprint density at radius 1 is 1.46 bits per heavy atom. The molecule has 0 aliphatic heterocycles. The maximum Gasteiger partial charge on any atom is 0.322 e. The molecule has 2 N–H and O–H groups in total. The first-order valence-corrected chi connectivity index (χ1v) is 3.51. The van der Waals surface area contributed by atoms with Gasteiger partial charge in [0, 0.05) is 0 Å². The van der Waals surface area contributed by atoms with Crippen LogP contribution in [0.4, 0.5) is 14.5 Å². The van der Waals surface area contributed by atoms with E-state index in [9.17, 15) is 13.6 Å². The van der Waals surface area contributed by atoms with Crippen molar-refractivity contribution < 1.29 is 18.7 Å². The summed E-state index contributed by atoms with van der Waals surface area (Å²) in [6.07, 6.45) is 0. The third kappa shape index (κ3) is 2.40. The average molecular weight is 187 g/mol. The Morgan fingerprint density at radius 2 is 2.15 bits per heavy atom. The first-order chi connectivity index (χ1) is 6.11. The van der Waals surface area contributed by atoms with Crippen LogP contribution in [-0.4, -0.2) is 17.6 Å². The molecule has 0 saturated heterocycles. The Kier molecular flexibility index (Phi) is 2.79. The molecular weight excluding hydrogens is 180 g/mol. The van der Waals surface area contributed by atoms with Crippen LogP contribution in [0, 0.1) is 11.6 Å². The second-order valence-electron chi connectivity index (χ2n) is 2.35. The van der Waals surface area contributed by atoms with Gasteiger partial charge in [0.05, 0.1) is 5.69 Å². The number of carboxylic acid groups (broad SMARTS) is 1. The van der Waals surface area contributed by atoms with E-state index in [1.165, 1.54) is 12.1 Å². The number of aliphatic carboxylic acids is 1. The van der Waals surface area contributed by atoms with Crippen LogP contribution in [0.3, 0.4) is 0 Å². The minimum Gasteiger partial charge on any atom is -0.480 e. The van der Waals surface area contributed by atoms with Gasteiger partial charge in [-0.05, 0) is 12.1 Å². The van der Waals surface area contributed by atoms with E-state index in [0.717, 1.165) is 6.07 Å². The lowest BCUT2D eigenvalue weighted by Gasteiger charge is -2.04. The number of halogens is 2. The topological polar surface area (TPSA) is 49.3 Å². The summed E-state index contributed by atoms with van der Waals surface area (Å²) in [5.41, 5.74) is -0.151. The zero-order valence-electron chi connectivity index (χ0n) is 6.55. The number of benzene rings is 1. The first kappa shape index (κ1) is 9.44. The smallest absolute Gasteiger partial charge is 0.322 e. The zero-order chi connectivity index (χ0) is 9.84. The van der Waals surface area contributed by atoms with E-state index in [-0.39, 0.29) is 5.69 Å². The van der Waals surface area contributed by atoms with Gasteiger partial charge in [-0.2, -0.15) is 0 Å². The lowest BCUT2D eigenvalue weighted by atomic mass is 10.3. The molecule has 0 aliphatic rings. The van der Waals surface area contributed by atoms with Crippen molar-refractivity contribution in [3.63, 3.8) is 0 Å². The van der Waals surface area contributed by atoms with Crippen molar-refractivity contribution in [3.8, 4) is 0 Å². The standard InChI is InChI=1S/C8H7F2NO2/c9-5-2-1-3-6(8(5)10)11-4-7(12)13/h1-3,11H,4H2,(H,12,13). The molecule has 13 heavy (non-hydrogen) atoms. The van der Waals surface area contributed by atoms with Gasteiger partial charge in [-0.3, -0.25) is 4.79 Å². The number of anilines is 1. The van der Waals surface area contributed by atoms with Crippen LogP contribution in [0.5, 0.6) is 0 Å². The second kappa shape index (κ2) is 3.84. The van der Waals surface area contributed by atoms with Crippen LogP contribution in [-0.2, 0) is 4.79 Å². The molecule has 0 spiro atoms. The van der Waals surface area contributed by atoms with E-state index in [2.05, 4.69) is 5.32 Å². The second-order valence-corrected chi connectivity index (χ2v) is 2.35. The lowest BCUT2D eigenvalue weighted by Crippen LogP contribution is -2.13. The monoisotopic (exact) mass is 187 g/mol. The number of rotatable bonds is 3. The van der Waals surface area contributed by atoms with Crippen molar-refractivity contribution in [1.29, 1.82) is 0 Å². The Bertz CT molecular complexity index is 328. The van der Waals surface area contributed by atoms with Gasteiger partial charge in [-0.25, -0.2) is 8.78 Å². The molecule has 0 aliphatic carbocycles. The summed E-state index contributed by atoms with van der Waals surface area (Å²) in [4.78, 5) is 10.1. The number of hydrogen-bond donors (Lipinski definition) is 2. The Balaban J connectivity index is 2.77. The van der Waals surface area contributed by atoms with Crippen molar-refractivity contribution in [2.24, 2.45) is 0 Å². The molecule has 5 heteroatoms. The summed E-state index contributed by atoms with van der Waals surface area (Å²) in [6.45, 7) is -0.444. The number of nitrogens with one attached hydrogen (secondary N) is 1.